The Labute approximate surface area is 122 Å². The Bertz CT molecular complexity index is 664. The molecule has 0 aliphatic carbocycles. The second kappa shape index (κ2) is 5.84. The molecule has 116 valence electrons. The first-order valence-electron chi connectivity index (χ1n) is 6.49. The van der Waals surface area contributed by atoms with Gasteiger partial charge in [0.25, 0.3) is 0 Å². The SMILES string of the molecule is CCS(=O)(=O)CC(=O)N1CCn2nc(C(=O)OC)cc2C1. The summed E-state index contributed by atoms with van der Waals surface area (Å²) >= 11 is 0. The topological polar surface area (TPSA) is 98.6 Å². The lowest BCUT2D eigenvalue weighted by Crippen LogP contribution is -2.41. The maximum absolute atomic E-state index is 12.0. The number of fused-ring (bicyclic) bond motifs is 1. The molecule has 1 aliphatic heterocycles. The summed E-state index contributed by atoms with van der Waals surface area (Å²) in [6.07, 6.45) is 0. The minimum absolute atomic E-state index is 0.0585. The van der Waals surface area contributed by atoms with Gasteiger partial charge in [-0.05, 0) is 6.07 Å². The van der Waals surface area contributed by atoms with Crippen molar-refractivity contribution in [1.82, 2.24) is 14.7 Å². The summed E-state index contributed by atoms with van der Waals surface area (Å²) in [5.74, 6) is -1.51. The standard InChI is InChI=1S/C12H17N3O5S/c1-3-21(18,19)8-11(16)14-4-5-15-9(7-14)6-10(13-15)12(17)20-2/h6H,3-5,7-8H2,1-2H3. The lowest BCUT2D eigenvalue weighted by Gasteiger charge is -2.27. The average molecular weight is 315 g/mol. The molecule has 0 radical (unpaired) electrons. The summed E-state index contributed by atoms with van der Waals surface area (Å²) in [7, 11) is -2.08. The number of hydrogen-bond donors (Lipinski definition) is 0. The minimum Gasteiger partial charge on any atom is -0.464 e. The van der Waals surface area contributed by atoms with Crippen LogP contribution in [0, 0.1) is 0 Å². The summed E-state index contributed by atoms with van der Waals surface area (Å²) in [5.41, 5.74) is 0.867. The second-order valence-electron chi connectivity index (χ2n) is 4.73. The molecule has 0 N–H and O–H groups in total. The van der Waals surface area contributed by atoms with Crippen molar-refractivity contribution < 1.29 is 22.7 Å². The van der Waals surface area contributed by atoms with Crippen LogP contribution in [0.5, 0.6) is 0 Å². The predicted octanol–water partition coefficient (Wildman–Crippen LogP) is -0.553. The van der Waals surface area contributed by atoms with Gasteiger partial charge < -0.3 is 9.64 Å². The number of esters is 1. The monoisotopic (exact) mass is 315 g/mol. The van der Waals surface area contributed by atoms with E-state index in [2.05, 4.69) is 9.84 Å². The molecule has 0 spiro atoms. The van der Waals surface area contributed by atoms with Crippen LogP contribution in [-0.2, 0) is 32.5 Å². The first-order chi connectivity index (χ1) is 9.86. The fourth-order valence-electron chi connectivity index (χ4n) is 2.07. The van der Waals surface area contributed by atoms with Crippen molar-refractivity contribution in [2.24, 2.45) is 0 Å². The lowest BCUT2D eigenvalue weighted by atomic mass is 10.3. The largest absolute Gasteiger partial charge is 0.464 e. The number of hydrogen-bond acceptors (Lipinski definition) is 6. The first-order valence-corrected chi connectivity index (χ1v) is 8.31. The number of aromatic nitrogens is 2. The summed E-state index contributed by atoms with van der Waals surface area (Å²) < 4.78 is 29.2. The molecule has 2 heterocycles. The van der Waals surface area contributed by atoms with Crippen molar-refractivity contribution in [3.8, 4) is 0 Å². The average Bonchev–Trinajstić information content (AvgIpc) is 2.88. The van der Waals surface area contributed by atoms with Gasteiger partial charge >= 0.3 is 5.97 Å². The molecule has 0 aromatic carbocycles. The highest BCUT2D eigenvalue weighted by Gasteiger charge is 2.26. The smallest absolute Gasteiger partial charge is 0.358 e. The van der Waals surface area contributed by atoms with Gasteiger partial charge in [0.1, 0.15) is 5.75 Å². The Morgan fingerprint density at radius 3 is 2.71 bits per heavy atom. The molecular weight excluding hydrogens is 298 g/mol. The van der Waals surface area contributed by atoms with Crippen molar-refractivity contribution >= 4 is 21.7 Å². The second-order valence-corrected chi connectivity index (χ2v) is 7.08. The molecule has 0 atom stereocenters. The van der Waals surface area contributed by atoms with E-state index < -0.39 is 27.5 Å². The van der Waals surface area contributed by atoms with E-state index in [-0.39, 0.29) is 18.0 Å². The first kappa shape index (κ1) is 15.5. The molecule has 21 heavy (non-hydrogen) atoms. The van der Waals surface area contributed by atoms with Gasteiger partial charge in [-0.3, -0.25) is 9.48 Å². The van der Waals surface area contributed by atoms with Gasteiger partial charge in [0.15, 0.2) is 15.5 Å². The number of nitrogens with zero attached hydrogens (tertiary/aromatic N) is 3. The Morgan fingerprint density at radius 2 is 2.10 bits per heavy atom. The number of sulfone groups is 1. The van der Waals surface area contributed by atoms with E-state index in [1.807, 2.05) is 0 Å². The maximum atomic E-state index is 12.0. The fourth-order valence-corrected chi connectivity index (χ4v) is 2.83. The highest BCUT2D eigenvalue weighted by molar-refractivity contribution is 7.92. The molecule has 0 bridgehead atoms. The molecule has 2 rings (SSSR count). The maximum Gasteiger partial charge on any atom is 0.358 e. The molecule has 1 aromatic rings. The third kappa shape index (κ3) is 3.41. The van der Waals surface area contributed by atoms with Crippen LogP contribution in [0.1, 0.15) is 23.1 Å². The van der Waals surface area contributed by atoms with Crippen LogP contribution in [0.3, 0.4) is 0 Å². The quantitative estimate of drug-likeness (QED) is 0.691. The van der Waals surface area contributed by atoms with Crippen LogP contribution >= 0.6 is 0 Å². The Balaban J connectivity index is 2.10. The molecule has 0 saturated carbocycles. The normalized spacial score (nSPS) is 14.7. The molecule has 1 aliphatic rings. The molecule has 0 fully saturated rings. The Morgan fingerprint density at radius 1 is 1.38 bits per heavy atom. The van der Waals surface area contributed by atoms with E-state index in [1.165, 1.54) is 18.9 Å². The molecule has 0 unspecified atom stereocenters. The summed E-state index contributed by atoms with van der Waals surface area (Å²) in [6, 6.07) is 1.56. The van der Waals surface area contributed by atoms with E-state index in [9.17, 15) is 18.0 Å². The van der Waals surface area contributed by atoms with E-state index >= 15 is 0 Å². The molecule has 8 nitrogen and oxygen atoms in total. The number of amides is 1. The van der Waals surface area contributed by atoms with Gasteiger partial charge in [-0.2, -0.15) is 5.10 Å². The van der Waals surface area contributed by atoms with Crippen LogP contribution in [-0.4, -0.2) is 60.1 Å². The molecule has 1 amide bonds. The third-order valence-electron chi connectivity index (χ3n) is 3.33. The molecule has 0 saturated heterocycles. The van der Waals surface area contributed by atoms with Gasteiger partial charge in [0, 0.05) is 12.3 Å². The number of carbonyl (C=O) groups excluding carboxylic acids is 2. The van der Waals surface area contributed by atoms with E-state index in [4.69, 9.17) is 0 Å². The fraction of sp³-hybridized carbons (Fsp3) is 0.583. The van der Waals surface area contributed by atoms with Gasteiger partial charge in [0.2, 0.25) is 5.91 Å². The summed E-state index contributed by atoms with van der Waals surface area (Å²) in [6.45, 7) is 2.54. The number of ether oxygens (including phenoxy) is 1. The number of carbonyl (C=O) groups is 2. The van der Waals surface area contributed by atoms with E-state index in [1.54, 1.807) is 10.7 Å². The zero-order valence-electron chi connectivity index (χ0n) is 11.9. The van der Waals surface area contributed by atoms with Crippen LogP contribution in [0.2, 0.25) is 0 Å². The van der Waals surface area contributed by atoms with Crippen molar-refractivity contribution in [3.63, 3.8) is 0 Å². The van der Waals surface area contributed by atoms with Gasteiger partial charge in [-0.25, -0.2) is 13.2 Å². The van der Waals surface area contributed by atoms with Crippen LogP contribution < -0.4 is 0 Å². The third-order valence-corrected chi connectivity index (χ3v) is 4.89. The highest BCUT2D eigenvalue weighted by atomic mass is 32.2. The van der Waals surface area contributed by atoms with Crippen molar-refractivity contribution in [2.75, 3.05) is 25.2 Å². The predicted molar refractivity (Wildman–Crippen MR) is 73.3 cm³/mol. The Kier molecular flexibility index (Phi) is 4.31. The van der Waals surface area contributed by atoms with Crippen LogP contribution in [0.15, 0.2) is 6.07 Å². The number of methoxy groups -OCH3 is 1. The molecule has 1 aromatic heterocycles. The minimum atomic E-state index is -3.35. The number of rotatable bonds is 4. The van der Waals surface area contributed by atoms with Crippen molar-refractivity contribution in [1.29, 1.82) is 0 Å². The van der Waals surface area contributed by atoms with Gasteiger partial charge in [-0.1, -0.05) is 6.92 Å². The highest BCUT2D eigenvalue weighted by Crippen LogP contribution is 2.15. The van der Waals surface area contributed by atoms with Crippen molar-refractivity contribution in [2.45, 2.75) is 20.0 Å². The molecule has 9 heteroatoms. The van der Waals surface area contributed by atoms with Crippen molar-refractivity contribution in [3.05, 3.63) is 17.5 Å². The Hall–Kier alpha value is -1.90. The summed E-state index contributed by atoms with van der Waals surface area (Å²) in [5, 5.41) is 4.09. The molecular formula is C12H17N3O5S. The van der Waals surface area contributed by atoms with Gasteiger partial charge in [-0.15, -0.1) is 0 Å². The van der Waals surface area contributed by atoms with Crippen LogP contribution in [0.25, 0.3) is 0 Å². The lowest BCUT2D eigenvalue weighted by molar-refractivity contribution is -0.129. The van der Waals surface area contributed by atoms with E-state index in [0.717, 1.165) is 0 Å². The summed E-state index contributed by atoms with van der Waals surface area (Å²) in [4.78, 5) is 24.9. The zero-order chi connectivity index (χ0) is 15.6. The van der Waals surface area contributed by atoms with Gasteiger partial charge in [0.05, 0.1) is 25.9 Å². The van der Waals surface area contributed by atoms with Crippen LogP contribution in [0.4, 0.5) is 0 Å². The zero-order valence-corrected chi connectivity index (χ0v) is 12.7. The van der Waals surface area contributed by atoms with E-state index in [0.29, 0.717) is 18.8 Å².